The molecule has 6 heteroatoms. The molecule has 1 heterocycles. The summed E-state index contributed by atoms with van der Waals surface area (Å²) < 4.78 is 0.958. The molecule has 5 nitrogen and oxygen atoms in total. The Balaban J connectivity index is 1.79. The van der Waals surface area contributed by atoms with Crippen molar-refractivity contribution in [3.63, 3.8) is 0 Å². The molecular weight excluding hydrogens is 369 g/mol. The Morgan fingerprint density at radius 2 is 2.05 bits per heavy atom. The van der Waals surface area contributed by atoms with E-state index >= 15 is 0 Å². The van der Waals surface area contributed by atoms with E-state index in [2.05, 4.69) is 27.5 Å². The maximum absolute atomic E-state index is 10.8. The molecule has 0 spiro atoms. The highest BCUT2D eigenvalue weighted by atomic mass is 127. The number of non-ortho nitro benzene ring substituents is 1. The van der Waals surface area contributed by atoms with Gasteiger partial charge in [0.25, 0.3) is 5.69 Å². The van der Waals surface area contributed by atoms with E-state index in [1.165, 1.54) is 6.42 Å². The van der Waals surface area contributed by atoms with Crippen LogP contribution in [0, 0.1) is 25.5 Å². The van der Waals surface area contributed by atoms with Crippen molar-refractivity contribution < 1.29 is 4.92 Å². The van der Waals surface area contributed by atoms with Gasteiger partial charge in [-0.3, -0.25) is 10.1 Å². The topological polar surface area (TPSA) is 72.4 Å². The molecule has 2 fully saturated rings. The lowest BCUT2D eigenvalue weighted by molar-refractivity contribution is -0.384. The van der Waals surface area contributed by atoms with Crippen molar-refractivity contribution in [3.05, 3.63) is 31.9 Å². The van der Waals surface area contributed by atoms with Gasteiger partial charge < -0.3 is 10.6 Å². The van der Waals surface area contributed by atoms with Crippen LogP contribution in [-0.4, -0.2) is 24.1 Å². The molecule has 1 aliphatic carbocycles. The summed E-state index contributed by atoms with van der Waals surface area (Å²) in [5.74, 6) is 1.42. The molecule has 1 saturated carbocycles. The monoisotopic (exact) mass is 387 g/mol. The number of nitrogens with zero attached hydrogens (tertiary/aromatic N) is 2. The molecular formula is C14H18IN3O2. The van der Waals surface area contributed by atoms with Gasteiger partial charge in [0.15, 0.2) is 0 Å². The zero-order chi connectivity index (χ0) is 14.3. The summed E-state index contributed by atoms with van der Waals surface area (Å²) in [5.41, 5.74) is 7.35. The molecule has 0 radical (unpaired) electrons. The van der Waals surface area contributed by atoms with Crippen molar-refractivity contribution in [1.82, 2.24) is 0 Å². The van der Waals surface area contributed by atoms with E-state index in [0.29, 0.717) is 12.0 Å². The molecule has 2 aliphatic rings. The Labute approximate surface area is 131 Å². The second-order valence-electron chi connectivity index (χ2n) is 5.89. The van der Waals surface area contributed by atoms with E-state index < -0.39 is 0 Å². The lowest BCUT2D eigenvalue weighted by atomic mass is 9.79. The molecule has 0 bridgehead atoms. The molecule has 1 aromatic carbocycles. The SMILES string of the molecule is NC1CC[C@@H]2CN(c3ccc([N+](=O)[O-])cc3I)C[C@@H]2C1. The van der Waals surface area contributed by atoms with E-state index in [0.717, 1.165) is 41.1 Å². The molecule has 20 heavy (non-hydrogen) atoms. The van der Waals surface area contributed by atoms with Crippen LogP contribution in [0.15, 0.2) is 18.2 Å². The number of anilines is 1. The van der Waals surface area contributed by atoms with E-state index in [4.69, 9.17) is 5.73 Å². The summed E-state index contributed by atoms with van der Waals surface area (Å²) in [6, 6.07) is 5.50. The highest BCUT2D eigenvalue weighted by Gasteiger charge is 2.37. The van der Waals surface area contributed by atoms with Gasteiger partial charge in [-0.05, 0) is 59.8 Å². The largest absolute Gasteiger partial charge is 0.370 e. The third kappa shape index (κ3) is 2.63. The summed E-state index contributed by atoms with van der Waals surface area (Å²) in [4.78, 5) is 12.8. The van der Waals surface area contributed by atoms with Gasteiger partial charge in [-0.15, -0.1) is 0 Å². The third-order valence-electron chi connectivity index (χ3n) is 4.57. The van der Waals surface area contributed by atoms with Crippen LogP contribution in [0.25, 0.3) is 0 Å². The number of halogens is 1. The van der Waals surface area contributed by atoms with Gasteiger partial charge in [-0.25, -0.2) is 0 Å². The number of nitro groups is 1. The van der Waals surface area contributed by atoms with E-state index in [-0.39, 0.29) is 10.6 Å². The van der Waals surface area contributed by atoms with E-state index in [1.54, 1.807) is 12.1 Å². The third-order valence-corrected chi connectivity index (χ3v) is 5.44. The molecule has 1 aromatic rings. The normalized spacial score (nSPS) is 29.3. The summed E-state index contributed by atoms with van der Waals surface area (Å²) in [7, 11) is 0. The van der Waals surface area contributed by atoms with Gasteiger partial charge in [-0.2, -0.15) is 0 Å². The summed E-state index contributed by atoms with van der Waals surface area (Å²) in [6.07, 6.45) is 3.46. The van der Waals surface area contributed by atoms with Crippen LogP contribution in [0.1, 0.15) is 19.3 Å². The Bertz CT molecular complexity index is 537. The van der Waals surface area contributed by atoms with Crippen LogP contribution in [0.3, 0.4) is 0 Å². The number of nitro benzene ring substituents is 1. The fourth-order valence-electron chi connectivity index (χ4n) is 3.53. The lowest BCUT2D eigenvalue weighted by Gasteiger charge is -2.27. The Hall–Kier alpha value is -0.890. The average Bonchev–Trinajstić information content (AvgIpc) is 2.80. The molecule has 0 amide bonds. The second kappa shape index (κ2) is 5.48. The first-order valence-corrected chi connectivity index (χ1v) is 8.07. The smallest absolute Gasteiger partial charge is 0.270 e. The lowest BCUT2D eigenvalue weighted by Crippen LogP contribution is -2.32. The first kappa shape index (κ1) is 14.1. The standard InChI is InChI=1S/C14H18IN3O2/c15-13-6-12(18(19)20)3-4-14(13)17-7-9-1-2-11(16)5-10(9)8-17/h3-4,6,9-11H,1-2,5,7-8,16H2/t9-,10+,11?/m1/s1. The average molecular weight is 387 g/mol. The number of fused-ring (bicyclic) bond motifs is 1. The quantitative estimate of drug-likeness (QED) is 0.481. The number of nitrogens with two attached hydrogens (primary N) is 1. The zero-order valence-electron chi connectivity index (χ0n) is 11.2. The highest BCUT2D eigenvalue weighted by Crippen LogP contribution is 2.39. The first-order chi connectivity index (χ1) is 9.54. The minimum Gasteiger partial charge on any atom is -0.370 e. The molecule has 2 N–H and O–H groups in total. The summed E-state index contributed by atoms with van der Waals surface area (Å²) >= 11 is 2.20. The van der Waals surface area contributed by atoms with Crippen LogP contribution in [0.5, 0.6) is 0 Å². The Morgan fingerprint density at radius 3 is 2.75 bits per heavy atom. The predicted molar refractivity (Wildman–Crippen MR) is 86.8 cm³/mol. The Kier molecular flexibility index (Phi) is 3.85. The minimum absolute atomic E-state index is 0.164. The number of hydrogen-bond acceptors (Lipinski definition) is 4. The molecule has 1 saturated heterocycles. The molecule has 1 aliphatic heterocycles. The van der Waals surface area contributed by atoms with Crippen molar-refractivity contribution in [1.29, 1.82) is 0 Å². The first-order valence-electron chi connectivity index (χ1n) is 6.99. The number of benzene rings is 1. The van der Waals surface area contributed by atoms with Gasteiger partial charge in [-0.1, -0.05) is 0 Å². The highest BCUT2D eigenvalue weighted by molar-refractivity contribution is 14.1. The molecule has 1 unspecified atom stereocenters. The van der Waals surface area contributed by atoms with Crippen LogP contribution in [0.2, 0.25) is 0 Å². The van der Waals surface area contributed by atoms with Gasteiger partial charge in [0.05, 0.1) is 10.6 Å². The zero-order valence-corrected chi connectivity index (χ0v) is 13.3. The molecule has 0 aromatic heterocycles. The van der Waals surface area contributed by atoms with E-state index in [1.807, 2.05) is 6.07 Å². The maximum Gasteiger partial charge on any atom is 0.270 e. The summed E-state index contributed by atoms with van der Waals surface area (Å²) in [5, 5.41) is 10.8. The fourth-order valence-corrected chi connectivity index (χ4v) is 4.37. The number of hydrogen-bond donors (Lipinski definition) is 1. The minimum atomic E-state index is -0.339. The van der Waals surface area contributed by atoms with Crippen molar-refractivity contribution in [2.45, 2.75) is 25.3 Å². The van der Waals surface area contributed by atoms with Gasteiger partial charge in [0, 0.05) is 34.8 Å². The van der Waals surface area contributed by atoms with Crippen LogP contribution in [-0.2, 0) is 0 Å². The summed E-state index contributed by atoms with van der Waals surface area (Å²) in [6.45, 7) is 2.09. The second-order valence-corrected chi connectivity index (χ2v) is 7.05. The molecule has 108 valence electrons. The molecule has 3 rings (SSSR count). The van der Waals surface area contributed by atoms with Crippen LogP contribution < -0.4 is 10.6 Å². The fraction of sp³-hybridized carbons (Fsp3) is 0.571. The maximum atomic E-state index is 10.8. The number of rotatable bonds is 2. The van der Waals surface area contributed by atoms with Crippen molar-refractivity contribution in [3.8, 4) is 0 Å². The van der Waals surface area contributed by atoms with Crippen LogP contribution in [0.4, 0.5) is 11.4 Å². The van der Waals surface area contributed by atoms with Gasteiger partial charge in [0.2, 0.25) is 0 Å². The van der Waals surface area contributed by atoms with E-state index in [9.17, 15) is 10.1 Å². The van der Waals surface area contributed by atoms with Crippen molar-refractivity contribution in [2.24, 2.45) is 17.6 Å². The predicted octanol–water partition coefficient (Wildman–Crippen LogP) is 2.76. The van der Waals surface area contributed by atoms with Crippen molar-refractivity contribution in [2.75, 3.05) is 18.0 Å². The molecule has 3 atom stereocenters. The van der Waals surface area contributed by atoms with Crippen molar-refractivity contribution >= 4 is 34.0 Å². The Morgan fingerprint density at radius 1 is 1.30 bits per heavy atom. The van der Waals surface area contributed by atoms with Gasteiger partial charge in [0.1, 0.15) is 0 Å². The van der Waals surface area contributed by atoms with Gasteiger partial charge >= 0.3 is 0 Å². The van der Waals surface area contributed by atoms with Crippen LogP contribution >= 0.6 is 22.6 Å².